The number of nitrogens with zero attached hydrogens (tertiary/aromatic N) is 1. The number of amides is 1. The molecule has 0 radical (unpaired) electrons. The Balaban J connectivity index is 1.62. The topological polar surface area (TPSA) is 60.5 Å². The largest absolute Gasteiger partial charge is 0.493 e. The third kappa shape index (κ3) is 5.50. The van der Waals surface area contributed by atoms with Crippen LogP contribution in [0.1, 0.15) is 22.9 Å². The molecule has 1 atom stereocenters. The van der Waals surface area contributed by atoms with E-state index in [0.29, 0.717) is 22.2 Å². The summed E-state index contributed by atoms with van der Waals surface area (Å²) in [6.07, 6.45) is -3.38. The lowest BCUT2D eigenvalue weighted by Crippen LogP contribution is -2.30. The Labute approximate surface area is 175 Å². The van der Waals surface area contributed by atoms with Gasteiger partial charge in [-0.2, -0.15) is 13.2 Å². The molecule has 0 saturated carbocycles. The molecule has 1 N–H and O–H groups in total. The highest BCUT2D eigenvalue weighted by molar-refractivity contribution is 7.15. The minimum atomic E-state index is -4.39. The zero-order valence-corrected chi connectivity index (χ0v) is 17.0. The standard InChI is InChI=1S/C21H19F3N2O3S/c1-13(29-18-9-4-3-8-17(18)28-2)19(27)26-20-25-12-16(30-20)11-14-6-5-7-15(10-14)21(22,23)24/h3-10,12-13H,11H2,1-2H3,(H,25,26,27). The molecule has 1 aromatic heterocycles. The van der Waals surface area contributed by atoms with Crippen molar-refractivity contribution in [3.8, 4) is 11.5 Å². The Hall–Kier alpha value is -3.07. The molecule has 1 unspecified atom stereocenters. The fraction of sp³-hybridized carbons (Fsp3) is 0.238. The molecule has 0 aliphatic carbocycles. The van der Waals surface area contributed by atoms with Gasteiger partial charge in [-0.1, -0.05) is 30.3 Å². The first-order valence-electron chi connectivity index (χ1n) is 8.97. The summed E-state index contributed by atoms with van der Waals surface area (Å²) in [7, 11) is 1.51. The zero-order valence-electron chi connectivity index (χ0n) is 16.2. The van der Waals surface area contributed by atoms with E-state index in [1.807, 2.05) is 0 Å². The number of hydrogen-bond donors (Lipinski definition) is 1. The minimum absolute atomic E-state index is 0.282. The van der Waals surface area contributed by atoms with Crippen molar-refractivity contribution >= 4 is 22.4 Å². The maximum absolute atomic E-state index is 12.9. The lowest BCUT2D eigenvalue weighted by atomic mass is 10.1. The number of thiazole rings is 1. The summed E-state index contributed by atoms with van der Waals surface area (Å²) in [5, 5.41) is 3.01. The van der Waals surface area contributed by atoms with E-state index < -0.39 is 23.8 Å². The van der Waals surface area contributed by atoms with E-state index in [9.17, 15) is 18.0 Å². The van der Waals surface area contributed by atoms with Crippen molar-refractivity contribution in [2.24, 2.45) is 0 Å². The fourth-order valence-electron chi connectivity index (χ4n) is 2.67. The summed E-state index contributed by atoms with van der Waals surface area (Å²) in [4.78, 5) is 17.3. The Morgan fingerprint density at radius 2 is 1.90 bits per heavy atom. The number of anilines is 1. The average molecular weight is 436 g/mol. The number of para-hydroxylation sites is 2. The van der Waals surface area contributed by atoms with Gasteiger partial charge >= 0.3 is 6.18 Å². The monoisotopic (exact) mass is 436 g/mol. The molecule has 158 valence electrons. The van der Waals surface area contributed by atoms with Gasteiger partial charge < -0.3 is 9.47 Å². The van der Waals surface area contributed by atoms with E-state index in [2.05, 4.69) is 10.3 Å². The van der Waals surface area contributed by atoms with Crippen molar-refractivity contribution in [2.45, 2.75) is 25.6 Å². The zero-order chi connectivity index (χ0) is 21.7. The van der Waals surface area contributed by atoms with Crippen molar-refractivity contribution in [3.63, 3.8) is 0 Å². The van der Waals surface area contributed by atoms with Gasteiger partial charge in [-0.3, -0.25) is 10.1 Å². The first kappa shape index (κ1) is 21.6. The van der Waals surface area contributed by atoms with Crippen LogP contribution in [0, 0.1) is 0 Å². The number of rotatable bonds is 7. The lowest BCUT2D eigenvalue weighted by molar-refractivity contribution is -0.137. The quantitative estimate of drug-likeness (QED) is 0.555. The number of ether oxygens (including phenoxy) is 2. The van der Waals surface area contributed by atoms with E-state index >= 15 is 0 Å². The van der Waals surface area contributed by atoms with E-state index in [1.54, 1.807) is 37.3 Å². The molecule has 3 aromatic rings. The Kier molecular flexibility index (Phi) is 6.61. The van der Waals surface area contributed by atoms with Gasteiger partial charge in [0.1, 0.15) is 0 Å². The van der Waals surface area contributed by atoms with Gasteiger partial charge in [0.05, 0.1) is 12.7 Å². The van der Waals surface area contributed by atoms with Gasteiger partial charge in [-0.05, 0) is 30.7 Å². The van der Waals surface area contributed by atoms with Crippen molar-refractivity contribution in [1.82, 2.24) is 4.98 Å². The second kappa shape index (κ2) is 9.17. The van der Waals surface area contributed by atoms with Crippen molar-refractivity contribution < 1.29 is 27.4 Å². The van der Waals surface area contributed by atoms with Crippen molar-refractivity contribution in [2.75, 3.05) is 12.4 Å². The molecule has 1 amide bonds. The van der Waals surface area contributed by atoms with Crippen LogP contribution in [0.15, 0.2) is 54.7 Å². The molecule has 0 aliphatic heterocycles. The van der Waals surface area contributed by atoms with Crippen LogP contribution < -0.4 is 14.8 Å². The number of carbonyl (C=O) groups excluding carboxylic acids is 1. The SMILES string of the molecule is COc1ccccc1OC(C)C(=O)Nc1ncc(Cc2cccc(C(F)(F)F)c2)s1. The predicted octanol–water partition coefficient (Wildman–Crippen LogP) is 5.17. The second-order valence-electron chi connectivity index (χ2n) is 6.41. The number of carbonyl (C=O) groups is 1. The average Bonchev–Trinajstić information content (AvgIpc) is 3.14. The summed E-state index contributed by atoms with van der Waals surface area (Å²) in [5.74, 6) is 0.544. The Morgan fingerprint density at radius 3 is 2.60 bits per heavy atom. The summed E-state index contributed by atoms with van der Waals surface area (Å²) < 4.78 is 49.4. The van der Waals surface area contributed by atoms with Crippen LogP contribution in [0.25, 0.3) is 0 Å². The number of hydrogen-bond acceptors (Lipinski definition) is 5. The van der Waals surface area contributed by atoms with E-state index in [-0.39, 0.29) is 6.42 Å². The molecule has 0 fully saturated rings. The maximum Gasteiger partial charge on any atom is 0.416 e. The van der Waals surface area contributed by atoms with Crippen molar-refractivity contribution in [3.05, 3.63) is 70.7 Å². The number of aromatic nitrogens is 1. The number of halogens is 3. The lowest BCUT2D eigenvalue weighted by Gasteiger charge is -2.15. The van der Waals surface area contributed by atoms with Gasteiger partial charge in [-0.25, -0.2) is 4.98 Å². The molecule has 3 rings (SSSR count). The normalized spacial score (nSPS) is 12.3. The number of nitrogens with one attached hydrogen (secondary N) is 1. The highest BCUT2D eigenvalue weighted by Crippen LogP contribution is 2.31. The van der Waals surface area contributed by atoms with Crippen LogP contribution >= 0.6 is 11.3 Å². The van der Waals surface area contributed by atoms with Crippen LogP contribution in [0.3, 0.4) is 0 Å². The van der Waals surface area contributed by atoms with Crippen LogP contribution in [0.4, 0.5) is 18.3 Å². The molecule has 0 saturated heterocycles. The molecule has 9 heteroatoms. The van der Waals surface area contributed by atoms with Crippen LogP contribution in [-0.4, -0.2) is 24.1 Å². The highest BCUT2D eigenvalue weighted by atomic mass is 32.1. The maximum atomic E-state index is 12.9. The first-order valence-corrected chi connectivity index (χ1v) is 9.79. The van der Waals surface area contributed by atoms with E-state index in [1.165, 1.54) is 30.7 Å². The van der Waals surface area contributed by atoms with Gasteiger partial charge in [0, 0.05) is 17.5 Å². The van der Waals surface area contributed by atoms with Crippen LogP contribution in [0.5, 0.6) is 11.5 Å². The van der Waals surface area contributed by atoms with E-state index in [0.717, 1.165) is 17.0 Å². The summed E-state index contributed by atoms with van der Waals surface area (Å²) >= 11 is 1.20. The summed E-state index contributed by atoms with van der Waals surface area (Å²) in [6.45, 7) is 1.60. The molecule has 2 aromatic carbocycles. The molecule has 0 spiro atoms. The highest BCUT2D eigenvalue weighted by Gasteiger charge is 2.30. The third-order valence-electron chi connectivity index (χ3n) is 4.16. The van der Waals surface area contributed by atoms with Gasteiger partial charge in [0.2, 0.25) is 0 Å². The summed E-state index contributed by atoms with van der Waals surface area (Å²) in [5.41, 5.74) is -0.181. The molecule has 0 aliphatic rings. The smallest absolute Gasteiger partial charge is 0.416 e. The summed E-state index contributed by atoms with van der Waals surface area (Å²) in [6, 6.07) is 12.1. The molecular weight excluding hydrogens is 417 g/mol. The second-order valence-corrected chi connectivity index (χ2v) is 7.52. The van der Waals surface area contributed by atoms with Gasteiger partial charge in [0.25, 0.3) is 5.91 Å². The Morgan fingerprint density at radius 1 is 1.17 bits per heavy atom. The van der Waals surface area contributed by atoms with Crippen LogP contribution in [0.2, 0.25) is 0 Å². The molecule has 30 heavy (non-hydrogen) atoms. The number of benzene rings is 2. The molecule has 5 nitrogen and oxygen atoms in total. The first-order chi connectivity index (χ1) is 14.3. The van der Waals surface area contributed by atoms with Gasteiger partial charge in [0.15, 0.2) is 22.7 Å². The number of alkyl halides is 3. The van der Waals surface area contributed by atoms with Crippen molar-refractivity contribution in [1.29, 1.82) is 0 Å². The predicted molar refractivity (Wildman–Crippen MR) is 108 cm³/mol. The molecule has 0 bridgehead atoms. The third-order valence-corrected chi connectivity index (χ3v) is 5.07. The van der Waals surface area contributed by atoms with Gasteiger partial charge in [-0.15, -0.1) is 11.3 Å². The van der Waals surface area contributed by atoms with E-state index in [4.69, 9.17) is 9.47 Å². The Bertz CT molecular complexity index is 1020. The minimum Gasteiger partial charge on any atom is -0.493 e. The number of methoxy groups -OCH3 is 1. The van der Waals surface area contributed by atoms with Crippen LogP contribution in [-0.2, 0) is 17.4 Å². The fourth-order valence-corrected chi connectivity index (χ4v) is 3.52. The molecular formula is C21H19F3N2O3S. The molecule has 1 heterocycles.